The minimum absolute atomic E-state index is 0. The van der Waals surface area contributed by atoms with Gasteiger partial charge in [0, 0.05) is 42.7 Å². The number of hydrogen-bond donors (Lipinski definition) is 3. The number of anilines is 3. The predicted octanol–water partition coefficient (Wildman–Crippen LogP) is -0.514. The van der Waals surface area contributed by atoms with E-state index in [-0.39, 0.29) is 128 Å². The van der Waals surface area contributed by atoms with Crippen LogP contribution in [0.3, 0.4) is 0 Å². The second-order valence-corrected chi connectivity index (χ2v) is 14.7. The number of aromatic nitrogens is 2. The summed E-state index contributed by atoms with van der Waals surface area (Å²) in [5.41, 5.74) is 0.366. The van der Waals surface area contributed by atoms with Gasteiger partial charge in [-0.05, 0) is 68.8 Å². The number of rotatable bonds is 14. The minimum Gasteiger partial charge on any atom is -0.748 e. The summed E-state index contributed by atoms with van der Waals surface area (Å²) in [5, 5.41) is 27.6. The van der Waals surface area contributed by atoms with Gasteiger partial charge in [0.15, 0.2) is 5.82 Å². The van der Waals surface area contributed by atoms with E-state index in [1.807, 2.05) is 6.92 Å². The molecule has 0 atom stereocenters. The number of carboxylic acids is 1. The summed E-state index contributed by atoms with van der Waals surface area (Å²) in [6.07, 6.45) is 0.0687. The van der Waals surface area contributed by atoms with Gasteiger partial charge in [-0.15, -0.1) is 10.2 Å². The first kappa shape index (κ1) is 47.2. The maximum atomic E-state index is 12.9. The van der Waals surface area contributed by atoms with Crippen molar-refractivity contribution in [3.8, 4) is 5.69 Å². The Morgan fingerprint density at radius 2 is 1.61 bits per heavy atom. The molecule has 0 saturated carbocycles. The molecule has 1 heterocycles. The first-order valence-electron chi connectivity index (χ1n) is 15.0. The summed E-state index contributed by atoms with van der Waals surface area (Å²) in [5.74, 6) is -3.53. The second kappa shape index (κ2) is 19.8. The average Bonchev–Trinajstić information content (AvgIpc) is 3.36. The molecule has 0 unspecified atom stereocenters. The van der Waals surface area contributed by atoms with Gasteiger partial charge in [0.2, 0.25) is 5.91 Å². The second-order valence-electron chi connectivity index (χ2n) is 11.0. The zero-order valence-electron chi connectivity index (χ0n) is 29.5. The van der Waals surface area contributed by atoms with Crippen molar-refractivity contribution in [1.29, 1.82) is 0 Å². The van der Waals surface area contributed by atoms with Crippen molar-refractivity contribution in [2.75, 3.05) is 34.4 Å². The van der Waals surface area contributed by atoms with Crippen molar-refractivity contribution in [3.63, 3.8) is 0 Å². The van der Waals surface area contributed by atoms with E-state index in [2.05, 4.69) is 26.0 Å². The Kier molecular flexibility index (Phi) is 17.3. The number of aryl methyl sites for hydroxylation is 1. The van der Waals surface area contributed by atoms with Crippen LogP contribution in [0.15, 0.2) is 69.7 Å². The number of azo groups is 1. The van der Waals surface area contributed by atoms with Crippen LogP contribution in [0, 0.1) is 6.92 Å². The summed E-state index contributed by atoms with van der Waals surface area (Å²) in [6.45, 7) is 5.13. The number of hydrogen-bond acceptors (Lipinski definition) is 13. The van der Waals surface area contributed by atoms with Crippen molar-refractivity contribution >= 4 is 89.8 Å². The summed E-state index contributed by atoms with van der Waals surface area (Å²) in [4.78, 5) is 38.4. The van der Waals surface area contributed by atoms with E-state index < -0.39 is 48.7 Å². The van der Waals surface area contributed by atoms with Crippen molar-refractivity contribution in [1.82, 2.24) is 9.78 Å². The molecule has 0 bridgehead atoms. The molecule has 0 radical (unpaired) electrons. The van der Waals surface area contributed by atoms with Crippen LogP contribution in [-0.4, -0.2) is 77.5 Å². The SMILES string of the molecule is CCN(CCCS(=O)(=O)[O-])c1ccc(N=Nc2c(C(=O)O)c(C)nn2-c2c(Cl)cc(NC(=O)c3cccc(S(=O)(=O)[O-])c3)cc2Cl)c(NC(C)=O)c1.[Na+].[Na+]. The molecule has 0 aliphatic carbocycles. The third-order valence-corrected chi connectivity index (χ3v) is 9.43. The fourth-order valence-corrected chi connectivity index (χ4v) is 6.60. The number of amides is 2. The molecule has 0 saturated heterocycles. The van der Waals surface area contributed by atoms with Crippen molar-refractivity contribution in [2.45, 2.75) is 32.1 Å². The number of carbonyl (C=O) groups is 3. The maximum Gasteiger partial charge on any atom is 1.00 e. The Morgan fingerprint density at radius 3 is 2.17 bits per heavy atom. The monoisotopic (exact) mass is 839 g/mol. The Labute approximate surface area is 364 Å². The number of carbonyl (C=O) groups excluding carboxylic acids is 2. The Hall–Kier alpha value is -2.92. The molecule has 0 spiro atoms. The Morgan fingerprint density at radius 1 is 0.963 bits per heavy atom. The number of aromatic carboxylic acids is 1. The summed E-state index contributed by atoms with van der Waals surface area (Å²) in [7, 11) is -9.23. The zero-order chi connectivity index (χ0) is 38.5. The molecule has 2 amide bonds. The third kappa shape index (κ3) is 12.3. The van der Waals surface area contributed by atoms with Gasteiger partial charge >= 0.3 is 65.1 Å². The van der Waals surface area contributed by atoms with E-state index in [4.69, 9.17) is 23.2 Å². The van der Waals surface area contributed by atoms with Crippen LogP contribution in [0.25, 0.3) is 5.69 Å². The van der Waals surface area contributed by atoms with Gasteiger partial charge in [-0.1, -0.05) is 29.3 Å². The third-order valence-electron chi connectivity index (χ3n) is 7.23. The van der Waals surface area contributed by atoms with Gasteiger partial charge in [0.05, 0.1) is 36.4 Å². The van der Waals surface area contributed by atoms with Gasteiger partial charge < -0.3 is 29.7 Å². The van der Waals surface area contributed by atoms with E-state index in [0.29, 0.717) is 12.2 Å². The van der Waals surface area contributed by atoms with E-state index in [1.54, 1.807) is 17.0 Å². The van der Waals surface area contributed by atoms with Crippen molar-refractivity contribution in [3.05, 3.63) is 81.5 Å². The molecule has 0 aliphatic heterocycles. The zero-order valence-corrected chi connectivity index (χ0v) is 36.6. The van der Waals surface area contributed by atoms with Crippen LogP contribution in [0.4, 0.5) is 28.6 Å². The molecular weight excluding hydrogens is 811 g/mol. The van der Waals surface area contributed by atoms with Gasteiger partial charge in [-0.2, -0.15) is 5.10 Å². The smallest absolute Gasteiger partial charge is 0.748 e. The number of nitrogens with zero attached hydrogens (tertiary/aromatic N) is 5. The van der Waals surface area contributed by atoms with E-state index in [1.165, 1.54) is 44.2 Å². The fourth-order valence-electron chi connectivity index (χ4n) is 4.95. The maximum absolute atomic E-state index is 12.9. The van der Waals surface area contributed by atoms with Gasteiger partial charge in [0.1, 0.15) is 27.1 Å². The number of benzene rings is 3. The Balaban J connectivity index is 0.00000504. The van der Waals surface area contributed by atoms with Crippen LogP contribution >= 0.6 is 23.2 Å². The van der Waals surface area contributed by atoms with Gasteiger partial charge in [-0.3, -0.25) is 9.59 Å². The molecule has 1 aromatic heterocycles. The standard InChI is InChI=1S/C31H31Cl2N7O10S2.2Na/c1-4-39(11-6-12-51(45,46)47)21-9-10-25(26(16-21)34-18(3)41)36-37-29-27(31(43)44)17(2)38-40(29)28-23(32)14-20(15-24(28)33)35-30(42)19-7-5-8-22(13-19)52(48,49)50;;/h5,7-10,13-16H,4,6,11-12H2,1-3H3,(H,34,41)(H,35,42)(H,43,44)(H,45,46,47)(H,48,49,50);;/q;2*+1/p-2. The summed E-state index contributed by atoms with van der Waals surface area (Å²) in [6, 6.07) is 11.7. The van der Waals surface area contributed by atoms with Crippen LogP contribution in [0.2, 0.25) is 10.0 Å². The molecule has 4 rings (SSSR count). The molecule has 17 nitrogen and oxygen atoms in total. The number of carboxylic acid groups (broad SMARTS) is 1. The quantitative estimate of drug-likeness (QED) is 0.0825. The van der Waals surface area contributed by atoms with Crippen LogP contribution in [-0.2, 0) is 25.0 Å². The average molecular weight is 841 g/mol. The normalized spacial score (nSPS) is 11.4. The summed E-state index contributed by atoms with van der Waals surface area (Å²) < 4.78 is 68.4. The minimum atomic E-state index is -4.82. The molecule has 276 valence electrons. The molecule has 0 fully saturated rings. The van der Waals surface area contributed by atoms with Gasteiger partial charge in [-0.25, -0.2) is 26.3 Å². The van der Waals surface area contributed by atoms with Crippen LogP contribution < -0.4 is 74.6 Å². The Bertz CT molecular complexity index is 2300. The first-order chi connectivity index (χ1) is 24.3. The summed E-state index contributed by atoms with van der Waals surface area (Å²) >= 11 is 13.2. The molecule has 3 aromatic carbocycles. The molecular formula is C31H29Cl2N7Na2O10S2. The van der Waals surface area contributed by atoms with Gasteiger partial charge in [0.25, 0.3) is 5.91 Å². The van der Waals surface area contributed by atoms with E-state index in [9.17, 15) is 45.4 Å². The van der Waals surface area contributed by atoms with Crippen LogP contribution in [0.1, 0.15) is 46.7 Å². The van der Waals surface area contributed by atoms with Crippen molar-refractivity contribution < 1.29 is 105 Å². The topological polar surface area (TPSA) is 256 Å². The molecule has 3 N–H and O–H groups in total. The number of halogens is 2. The first-order valence-corrected chi connectivity index (χ1v) is 18.7. The van der Waals surface area contributed by atoms with Crippen LogP contribution in [0.5, 0.6) is 0 Å². The number of nitrogens with one attached hydrogen (secondary N) is 2. The largest absolute Gasteiger partial charge is 1.00 e. The molecule has 4 aromatic rings. The molecule has 23 heteroatoms. The van der Waals surface area contributed by atoms with E-state index in [0.717, 1.165) is 16.8 Å². The molecule has 0 aliphatic rings. The fraction of sp³-hybridized carbons (Fsp3) is 0.226. The predicted molar refractivity (Wildman–Crippen MR) is 190 cm³/mol. The van der Waals surface area contributed by atoms with Crippen molar-refractivity contribution in [2.24, 2.45) is 10.2 Å². The molecule has 54 heavy (non-hydrogen) atoms. The van der Waals surface area contributed by atoms with E-state index >= 15 is 0 Å².